The van der Waals surface area contributed by atoms with Crippen molar-refractivity contribution in [1.29, 1.82) is 0 Å². The second-order valence-corrected chi connectivity index (χ2v) is 4.52. The van der Waals surface area contributed by atoms with Crippen molar-refractivity contribution >= 4 is 17.6 Å². The molecule has 0 aliphatic carbocycles. The summed E-state index contributed by atoms with van der Waals surface area (Å²) in [4.78, 5) is 24.7. The molecule has 0 bridgehead atoms. The van der Waals surface area contributed by atoms with E-state index in [0.29, 0.717) is 12.1 Å². The molecule has 0 saturated carbocycles. The normalized spacial score (nSPS) is 10.3. The van der Waals surface area contributed by atoms with E-state index in [1.54, 1.807) is 11.1 Å². The van der Waals surface area contributed by atoms with Gasteiger partial charge in [-0.05, 0) is 19.1 Å². The van der Waals surface area contributed by atoms with Crippen LogP contribution in [0.4, 0.5) is 5.69 Å². The summed E-state index contributed by atoms with van der Waals surface area (Å²) >= 11 is 0. The molecule has 110 valence electrons. The van der Waals surface area contributed by atoms with Crippen LogP contribution in [0.2, 0.25) is 0 Å². The van der Waals surface area contributed by atoms with Crippen LogP contribution in [0, 0.1) is 0 Å². The molecule has 2 aromatic rings. The molecule has 0 unspecified atom stereocenters. The minimum Gasteiger partial charge on any atom is -0.481 e. The summed E-state index contributed by atoms with van der Waals surface area (Å²) in [6.45, 7) is 2.70. The number of aryl methyl sites for hydroxylation is 1. The number of para-hydroxylation sites is 1. The minimum atomic E-state index is -0.891. The highest BCUT2D eigenvalue weighted by Crippen LogP contribution is 2.16. The molecule has 0 aliphatic heterocycles. The number of carboxylic acids is 1. The van der Waals surface area contributed by atoms with Crippen molar-refractivity contribution in [3.05, 3.63) is 48.3 Å². The molecule has 6 heteroatoms. The summed E-state index contributed by atoms with van der Waals surface area (Å²) in [5, 5.41) is 12.7. The number of hydrogen-bond acceptors (Lipinski definition) is 3. The van der Waals surface area contributed by atoms with Gasteiger partial charge in [-0.15, -0.1) is 0 Å². The number of anilines is 1. The maximum atomic E-state index is 12.5. The molecule has 1 amide bonds. The number of carbonyl (C=O) groups is 2. The van der Waals surface area contributed by atoms with Crippen molar-refractivity contribution in [3.63, 3.8) is 0 Å². The Kier molecular flexibility index (Phi) is 4.71. The Morgan fingerprint density at radius 3 is 2.62 bits per heavy atom. The van der Waals surface area contributed by atoms with Crippen LogP contribution in [-0.2, 0) is 11.3 Å². The first kappa shape index (κ1) is 14.8. The lowest BCUT2D eigenvalue weighted by atomic mass is 10.2. The van der Waals surface area contributed by atoms with Gasteiger partial charge in [0.25, 0.3) is 5.91 Å². The standard InChI is InChI=1S/C15H17N3O3/c1-2-18(13-6-4-3-5-7-13)15(21)12-10-16-17(11-12)9-8-14(19)20/h3-7,10-11H,2,8-9H2,1H3,(H,19,20). The topological polar surface area (TPSA) is 75.4 Å². The zero-order valence-electron chi connectivity index (χ0n) is 11.8. The van der Waals surface area contributed by atoms with Crippen LogP contribution >= 0.6 is 0 Å². The molecule has 0 fully saturated rings. The predicted molar refractivity (Wildman–Crippen MR) is 78.3 cm³/mol. The third-order valence-electron chi connectivity index (χ3n) is 3.06. The van der Waals surface area contributed by atoms with Gasteiger partial charge < -0.3 is 10.0 Å². The third-order valence-corrected chi connectivity index (χ3v) is 3.06. The van der Waals surface area contributed by atoms with Crippen molar-refractivity contribution in [2.45, 2.75) is 19.9 Å². The first-order valence-corrected chi connectivity index (χ1v) is 6.73. The molecule has 0 aliphatic rings. The number of rotatable bonds is 6. The molecule has 0 spiro atoms. The van der Waals surface area contributed by atoms with Gasteiger partial charge in [0.2, 0.25) is 0 Å². The number of nitrogens with zero attached hydrogens (tertiary/aromatic N) is 3. The van der Waals surface area contributed by atoms with Gasteiger partial charge in [0, 0.05) is 18.4 Å². The van der Waals surface area contributed by atoms with Gasteiger partial charge in [0.05, 0.1) is 24.7 Å². The summed E-state index contributed by atoms with van der Waals surface area (Å²) < 4.78 is 1.47. The van der Waals surface area contributed by atoms with E-state index < -0.39 is 5.97 Å². The smallest absolute Gasteiger partial charge is 0.305 e. The number of aliphatic carboxylic acids is 1. The van der Waals surface area contributed by atoms with Crippen molar-refractivity contribution in [3.8, 4) is 0 Å². The lowest BCUT2D eigenvalue weighted by molar-refractivity contribution is -0.137. The van der Waals surface area contributed by atoms with E-state index in [0.717, 1.165) is 5.69 Å². The monoisotopic (exact) mass is 287 g/mol. The van der Waals surface area contributed by atoms with Crippen LogP contribution in [0.1, 0.15) is 23.7 Å². The van der Waals surface area contributed by atoms with Crippen molar-refractivity contribution in [1.82, 2.24) is 9.78 Å². The first-order chi connectivity index (χ1) is 10.1. The summed E-state index contributed by atoms with van der Waals surface area (Å²) in [6, 6.07) is 9.39. The summed E-state index contributed by atoms with van der Waals surface area (Å²) in [6.07, 6.45) is 3.03. The van der Waals surface area contributed by atoms with Crippen LogP contribution in [0.5, 0.6) is 0 Å². The maximum absolute atomic E-state index is 12.5. The van der Waals surface area contributed by atoms with Crippen LogP contribution in [0.3, 0.4) is 0 Å². The zero-order chi connectivity index (χ0) is 15.2. The Balaban J connectivity index is 2.13. The van der Waals surface area contributed by atoms with Crippen LogP contribution in [0.15, 0.2) is 42.7 Å². The number of carbonyl (C=O) groups excluding carboxylic acids is 1. The van der Waals surface area contributed by atoms with E-state index in [9.17, 15) is 9.59 Å². The van der Waals surface area contributed by atoms with Crippen molar-refractivity contribution in [2.24, 2.45) is 0 Å². The molecule has 0 saturated heterocycles. The first-order valence-electron chi connectivity index (χ1n) is 6.73. The molecular weight excluding hydrogens is 270 g/mol. The van der Waals surface area contributed by atoms with Crippen molar-refractivity contribution in [2.75, 3.05) is 11.4 Å². The Hall–Kier alpha value is -2.63. The predicted octanol–water partition coefficient (Wildman–Crippen LogP) is 2.02. The van der Waals surface area contributed by atoms with Gasteiger partial charge in [0.15, 0.2) is 0 Å². The van der Waals surface area contributed by atoms with Gasteiger partial charge in [0.1, 0.15) is 0 Å². The summed E-state index contributed by atoms with van der Waals surface area (Å²) in [5.74, 6) is -1.04. The molecule has 21 heavy (non-hydrogen) atoms. The molecule has 1 aromatic carbocycles. The molecule has 1 aromatic heterocycles. The Morgan fingerprint density at radius 2 is 2.00 bits per heavy atom. The second-order valence-electron chi connectivity index (χ2n) is 4.52. The number of benzene rings is 1. The highest BCUT2D eigenvalue weighted by atomic mass is 16.4. The van der Waals surface area contributed by atoms with Crippen molar-refractivity contribution < 1.29 is 14.7 Å². The fourth-order valence-electron chi connectivity index (χ4n) is 2.01. The fourth-order valence-corrected chi connectivity index (χ4v) is 2.01. The maximum Gasteiger partial charge on any atom is 0.305 e. The minimum absolute atomic E-state index is 0.0223. The van der Waals surface area contributed by atoms with E-state index in [4.69, 9.17) is 5.11 Å². The average Bonchev–Trinajstić information content (AvgIpc) is 2.96. The van der Waals surface area contributed by atoms with Gasteiger partial charge in [-0.2, -0.15) is 5.10 Å². The summed E-state index contributed by atoms with van der Waals surface area (Å²) in [7, 11) is 0. The highest BCUT2D eigenvalue weighted by molar-refractivity contribution is 6.05. The van der Waals surface area contributed by atoms with E-state index in [-0.39, 0.29) is 18.9 Å². The fraction of sp³-hybridized carbons (Fsp3) is 0.267. The van der Waals surface area contributed by atoms with Gasteiger partial charge in [-0.25, -0.2) is 0 Å². The van der Waals surface area contributed by atoms with Gasteiger partial charge in [-0.3, -0.25) is 14.3 Å². The molecule has 0 atom stereocenters. The molecule has 2 rings (SSSR count). The quantitative estimate of drug-likeness (QED) is 0.882. The lowest BCUT2D eigenvalue weighted by Crippen LogP contribution is -2.30. The lowest BCUT2D eigenvalue weighted by Gasteiger charge is -2.20. The Bertz CT molecular complexity index is 622. The second kappa shape index (κ2) is 6.69. The largest absolute Gasteiger partial charge is 0.481 e. The van der Waals surface area contributed by atoms with Crippen LogP contribution < -0.4 is 4.90 Å². The number of carboxylic acid groups (broad SMARTS) is 1. The molecule has 6 nitrogen and oxygen atoms in total. The SMILES string of the molecule is CCN(C(=O)c1cnn(CCC(=O)O)c1)c1ccccc1. The number of aromatic nitrogens is 2. The van der Waals surface area contributed by atoms with Gasteiger partial charge >= 0.3 is 5.97 Å². The average molecular weight is 287 g/mol. The molecule has 1 heterocycles. The van der Waals surface area contributed by atoms with Gasteiger partial charge in [-0.1, -0.05) is 18.2 Å². The molecule has 0 radical (unpaired) electrons. The van der Waals surface area contributed by atoms with E-state index >= 15 is 0 Å². The summed E-state index contributed by atoms with van der Waals surface area (Å²) in [5.41, 5.74) is 1.27. The Labute approximate surface area is 122 Å². The van der Waals surface area contributed by atoms with Crippen LogP contribution in [0.25, 0.3) is 0 Å². The third kappa shape index (κ3) is 3.68. The highest BCUT2D eigenvalue weighted by Gasteiger charge is 2.17. The van der Waals surface area contributed by atoms with E-state index in [2.05, 4.69) is 5.10 Å². The van der Waals surface area contributed by atoms with E-state index in [1.165, 1.54) is 10.9 Å². The van der Waals surface area contributed by atoms with Crippen LogP contribution in [-0.4, -0.2) is 33.3 Å². The molecule has 1 N–H and O–H groups in total. The zero-order valence-corrected chi connectivity index (χ0v) is 11.8. The molecular formula is C15H17N3O3. The Morgan fingerprint density at radius 1 is 1.29 bits per heavy atom. The number of hydrogen-bond donors (Lipinski definition) is 1. The van der Waals surface area contributed by atoms with E-state index in [1.807, 2.05) is 37.3 Å². The number of amides is 1.